The second kappa shape index (κ2) is 9.53. The Morgan fingerprint density at radius 2 is 1.91 bits per heavy atom. The monoisotopic (exact) mass is 452 g/mol. The number of carbonyl (C=O) groups excluding carboxylic acids is 1. The number of nitrogens with one attached hydrogen (secondary N) is 1. The molecule has 33 heavy (non-hydrogen) atoms. The number of likely N-dealkylation sites (N-methyl/N-ethyl adjacent to an activating group) is 1. The van der Waals surface area contributed by atoms with Gasteiger partial charge in [-0.25, -0.2) is 14.4 Å². The van der Waals surface area contributed by atoms with E-state index < -0.39 is 5.82 Å². The topological polar surface area (TPSA) is 83.6 Å². The van der Waals surface area contributed by atoms with E-state index in [0.29, 0.717) is 12.1 Å². The van der Waals surface area contributed by atoms with Crippen molar-refractivity contribution in [1.29, 1.82) is 0 Å². The van der Waals surface area contributed by atoms with Crippen molar-refractivity contribution in [2.75, 3.05) is 43.4 Å². The summed E-state index contributed by atoms with van der Waals surface area (Å²) in [6, 6.07) is 1.23. The number of fused-ring (bicyclic) bond motifs is 2. The van der Waals surface area contributed by atoms with Crippen LogP contribution in [0.4, 0.5) is 15.9 Å². The van der Waals surface area contributed by atoms with Gasteiger partial charge < -0.3 is 19.5 Å². The molecule has 4 aromatic rings. The molecule has 0 saturated carbocycles. The summed E-state index contributed by atoms with van der Waals surface area (Å²) in [4.78, 5) is 23.5. The number of nitrogens with zero attached hydrogens (tertiary/aromatic N) is 7. The first-order valence-corrected chi connectivity index (χ1v) is 11.0. The average Bonchev–Trinajstić information content (AvgIpc) is 3.40. The first-order chi connectivity index (χ1) is 15.9. The van der Waals surface area contributed by atoms with Crippen molar-refractivity contribution in [3.63, 3.8) is 0 Å². The number of rotatable bonds is 4. The van der Waals surface area contributed by atoms with Crippen LogP contribution < -0.4 is 10.2 Å². The van der Waals surface area contributed by atoms with Crippen molar-refractivity contribution in [1.82, 2.24) is 29.0 Å². The van der Waals surface area contributed by atoms with Crippen LogP contribution in [0.25, 0.3) is 16.6 Å². The quantitative estimate of drug-likeness (QED) is 0.480. The largest absolute Gasteiger partial charge is 0.353 e. The zero-order chi connectivity index (χ0) is 23.5. The maximum atomic E-state index is 13.3. The fourth-order valence-corrected chi connectivity index (χ4v) is 3.92. The van der Waals surface area contributed by atoms with Gasteiger partial charge in [-0.2, -0.15) is 5.10 Å². The lowest BCUT2D eigenvalue weighted by Gasteiger charge is -2.33. The summed E-state index contributed by atoms with van der Waals surface area (Å²) < 4.78 is 16.9. The smallest absolute Gasteiger partial charge is 0.211 e. The van der Waals surface area contributed by atoms with Gasteiger partial charge in [-0.1, -0.05) is 0 Å². The van der Waals surface area contributed by atoms with Crippen LogP contribution in [0.15, 0.2) is 30.9 Å². The molecule has 5 rings (SSSR count). The van der Waals surface area contributed by atoms with E-state index in [2.05, 4.69) is 57.3 Å². The normalized spacial score (nSPS) is 14.4. The highest BCUT2D eigenvalue weighted by molar-refractivity contribution is 5.91. The Labute approximate surface area is 191 Å². The zero-order valence-corrected chi connectivity index (χ0v) is 19.4. The number of halogens is 1. The second-order valence-corrected chi connectivity index (χ2v) is 8.25. The van der Waals surface area contributed by atoms with Gasteiger partial charge >= 0.3 is 0 Å². The SMILES string of the molecule is CCn1cc2c(N3CCN(C)CC3)ncc(C)c2n1.Cc1cn2cc(NC=O)cc(F)c2n1. The van der Waals surface area contributed by atoms with E-state index in [0.717, 1.165) is 55.3 Å². The molecular weight excluding hydrogens is 423 g/mol. The number of aromatic nitrogens is 5. The Hall–Kier alpha value is -3.53. The number of imidazole rings is 1. The van der Waals surface area contributed by atoms with Gasteiger partial charge in [0.25, 0.3) is 0 Å². The first-order valence-electron chi connectivity index (χ1n) is 11.0. The number of hydrogen-bond acceptors (Lipinski definition) is 6. The molecule has 5 heterocycles. The van der Waals surface area contributed by atoms with Crippen molar-refractivity contribution in [2.45, 2.75) is 27.3 Å². The minimum atomic E-state index is -0.454. The molecule has 0 aliphatic carbocycles. The Balaban J connectivity index is 0.000000165. The van der Waals surface area contributed by atoms with Crippen LogP contribution in [0.3, 0.4) is 0 Å². The Bertz CT molecular complexity index is 1270. The number of pyridine rings is 2. The molecule has 0 spiro atoms. The summed E-state index contributed by atoms with van der Waals surface area (Å²) in [5.41, 5.74) is 3.64. The Morgan fingerprint density at radius 1 is 1.15 bits per heavy atom. The predicted octanol–water partition coefficient (Wildman–Crippen LogP) is 2.86. The second-order valence-electron chi connectivity index (χ2n) is 8.25. The summed E-state index contributed by atoms with van der Waals surface area (Å²) in [5, 5.41) is 8.21. The van der Waals surface area contributed by atoms with Crippen LogP contribution in [0, 0.1) is 19.7 Å². The minimum absolute atomic E-state index is 0.263. The number of aryl methyl sites for hydroxylation is 3. The Kier molecular flexibility index (Phi) is 6.55. The average molecular weight is 453 g/mol. The van der Waals surface area contributed by atoms with Crippen LogP contribution in [-0.2, 0) is 11.3 Å². The van der Waals surface area contributed by atoms with Crippen molar-refractivity contribution in [3.8, 4) is 0 Å². The molecule has 0 unspecified atom stereocenters. The number of hydrogen-bond donors (Lipinski definition) is 1. The van der Waals surface area contributed by atoms with Crippen LogP contribution in [0.5, 0.6) is 0 Å². The Morgan fingerprint density at radius 3 is 2.61 bits per heavy atom. The maximum Gasteiger partial charge on any atom is 0.211 e. The standard InChI is InChI=1S/C14H21N5.C9H8FN3O/c1-4-19-10-12-13(16-19)11(2)9-15-14(12)18-7-5-17(3)6-8-18;1-6-3-13-4-7(11-5-14)2-8(10)9(13)12-6/h9-10H,4-8H2,1-3H3;2-5H,1H3,(H,11,14). The molecule has 1 amide bonds. The van der Waals surface area contributed by atoms with Gasteiger partial charge in [-0.3, -0.25) is 9.48 Å². The van der Waals surface area contributed by atoms with E-state index in [-0.39, 0.29) is 5.65 Å². The highest BCUT2D eigenvalue weighted by atomic mass is 19.1. The van der Waals surface area contributed by atoms with Gasteiger partial charge in [0.2, 0.25) is 6.41 Å². The molecule has 4 aromatic heterocycles. The van der Waals surface area contributed by atoms with Crippen LogP contribution in [0.1, 0.15) is 18.2 Å². The van der Waals surface area contributed by atoms with Gasteiger partial charge in [-0.15, -0.1) is 0 Å². The van der Waals surface area contributed by atoms with Crippen molar-refractivity contribution in [2.24, 2.45) is 0 Å². The predicted molar refractivity (Wildman–Crippen MR) is 127 cm³/mol. The van der Waals surface area contributed by atoms with Gasteiger partial charge in [-0.05, 0) is 33.4 Å². The van der Waals surface area contributed by atoms with Gasteiger partial charge in [0, 0.05) is 63.6 Å². The summed E-state index contributed by atoms with van der Waals surface area (Å²) >= 11 is 0. The summed E-state index contributed by atoms with van der Waals surface area (Å²) in [7, 11) is 2.17. The molecule has 1 aliphatic rings. The van der Waals surface area contributed by atoms with Crippen molar-refractivity contribution >= 4 is 34.5 Å². The number of carbonyl (C=O) groups is 1. The summed E-state index contributed by atoms with van der Waals surface area (Å²) in [6.07, 6.45) is 7.87. The lowest BCUT2D eigenvalue weighted by atomic mass is 10.2. The molecule has 0 radical (unpaired) electrons. The van der Waals surface area contributed by atoms with E-state index in [1.165, 1.54) is 15.9 Å². The lowest BCUT2D eigenvalue weighted by molar-refractivity contribution is -0.105. The third kappa shape index (κ3) is 4.80. The molecule has 10 heteroatoms. The highest BCUT2D eigenvalue weighted by Gasteiger charge is 2.19. The third-order valence-corrected chi connectivity index (χ3v) is 5.74. The molecule has 1 aliphatic heterocycles. The van der Waals surface area contributed by atoms with E-state index in [9.17, 15) is 9.18 Å². The summed E-state index contributed by atoms with van der Waals surface area (Å²) in [5.74, 6) is 0.637. The van der Waals surface area contributed by atoms with E-state index in [4.69, 9.17) is 0 Å². The lowest BCUT2D eigenvalue weighted by Crippen LogP contribution is -2.44. The van der Waals surface area contributed by atoms with Crippen molar-refractivity contribution < 1.29 is 9.18 Å². The van der Waals surface area contributed by atoms with Crippen molar-refractivity contribution in [3.05, 3.63) is 47.9 Å². The highest BCUT2D eigenvalue weighted by Crippen LogP contribution is 2.26. The number of amides is 1. The summed E-state index contributed by atoms with van der Waals surface area (Å²) in [6.45, 7) is 11.1. The maximum absolute atomic E-state index is 13.3. The minimum Gasteiger partial charge on any atom is -0.353 e. The van der Waals surface area contributed by atoms with Gasteiger partial charge in [0.05, 0.1) is 16.8 Å². The molecule has 1 fully saturated rings. The number of anilines is 2. The molecule has 174 valence electrons. The molecule has 9 nitrogen and oxygen atoms in total. The molecule has 1 saturated heterocycles. The molecule has 1 N–H and O–H groups in total. The van der Waals surface area contributed by atoms with Gasteiger partial charge in [0.15, 0.2) is 11.5 Å². The van der Waals surface area contributed by atoms with Crippen LogP contribution in [0.2, 0.25) is 0 Å². The molecule has 0 atom stereocenters. The van der Waals surface area contributed by atoms with Crippen LogP contribution in [-0.4, -0.2) is 68.7 Å². The van der Waals surface area contributed by atoms with Gasteiger partial charge in [0.1, 0.15) is 11.3 Å². The molecule has 0 aromatic carbocycles. The zero-order valence-electron chi connectivity index (χ0n) is 19.4. The van der Waals surface area contributed by atoms with Crippen LogP contribution >= 0.6 is 0 Å². The third-order valence-electron chi connectivity index (χ3n) is 5.74. The molecule has 0 bridgehead atoms. The van der Waals surface area contributed by atoms with E-state index >= 15 is 0 Å². The van der Waals surface area contributed by atoms with E-state index in [1.807, 2.05) is 10.9 Å². The molecular formula is C23H29FN8O. The first kappa shape index (κ1) is 22.7. The fourth-order valence-electron chi connectivity index (χ4n) is 3.92. The van der Waals surface area contributed by atoms with E-state index in [1.54, 1.807) is 19.3 Å². The number of piperazine rings is 1. The fraction of sp³-hybridized carbons (Fsp3) is 0.391.